The molecule has 54 heavy (non-hydrogen) atoms. The molecule has 3 aromatic heterocycles. The molecule has 1 aliphatic rings. The molecule has 0 atom stereocenters. The van der Waals surface area contributed by atoms with E-state index in [1.54, 1.807) is 0 Å². The Balaban J connectivity index is 1.18. The Bertz CT molecular complexity index is 3320. The Hall–Kier alpha value is -6.65. The summed E-state index contributed by atoms with van der Waals surface area (Å²) in [5.74, 6) is 1.97. The maximum absolute atomic E-state index is 5.44. The molecule has 0 N–H and O–H groups in total. The number of rotatable bonds is 4. The number of fused-ring (bicyclic) bond motifs is 6. The van der Waals surface area contributed by atoms with Crippen molar-refractivity contribution in [3.63, 3.8) is 0 Å². The van der Waals surface area contributed by atoms with Gasteiger partial charge in [-0.25, -0.2) is 0 Å². The van der Waals surface area contributed by atoms with E-state index in [2.05, 4.69) is 156 Å². The van der Waals surface area contributed by atoms with Crippen molar-refractivity contribution >= 4 is 66.4 Å². The first-order valence-corrected chi connectivity index (χ1v) is 19.9. The van der Waals surface area contributed by atoms with Gasteiger partial charge in [-0.05, 0) is 0 Å². The Kier molecular flexibility index (Phi) is 6.32. The normalized spacial score (nSPS) is 12.1. The fraction of sp³-hybridized carbons (Fsp3) is 0. The summed E-state index contributed by atoms with van der Waals surface area (Å²) in [5.41, 5.74) is 11.7. The van der Waals surface area contributed by atoms with Crippen molar-refractivity contribution in [2.75, 3.05) is 0 Å². The average molecular weight is 752 g/mol. The average Bonchev–Trinajstić information content (AvgIpc) is 3.76. The second kappa shape index (κ2) is 11.4. The standard InChI is InChI=1S/C49H28N4Se/c1-3-13-29(14-4-1)32-20-10-23-37-38-24-11-25-39(46(38)54-45(32)37)48-50-47(31-15-5-2-6-16-31)51-49(52-48)53-40-26-12-22-36-34-19-8-7-18-33(34)35-21-9-17-30-27-28-41(53)44(42(30)35)43(36)40/h1-28H. The topological polar surface area (TPSA) is 43.6 Å². The van der Waals surface area contributed by atoms with Crippen LogP contribution in [0.5, 0.6) is 0 Å². The van der Waals surface area contributed by atoms with Crippen molar-refractivity contribution in [1.29, 1.82) is 0 Å². The van der Waals surface area contributed by atoms with Crippen molar-refractivity contribution in [2.24, 2.45) is 0 Å². The second-order valence-electron chi connectivity index (χ2n) is 13.9. The SMILES string of the molecule is c1ccc(-c2nc(-c3cccc4c3[se]c3c(-c5ccccc5)cccc34)nc(-n3c4cccc5c4c4c6c(cccc6ccc43)-c3ccccc3-5)n2)cc1. The van der Waals surface area contributed by atoms with Crippen LogP contribution < -0.4 is 0 Å². The number of benzene rings is 8. The Morgan fingerprint density at radius 3 is 1.67 bits per heavy atom. The summed E-state index contributed by atoms with van der Waals surface area (Å²) in [7, 11) is 0. The molecule has 1 aliphatic carbocycles. The summed E-state index contributed by atoms with van der Waals surface area (Å²) in [6.07, 6.45) is 0. The third-order valence-corrected chi connectivity index (χ3v) is 13.7. The van der Waals surface area contributed by atoms with Gasteiger partial charge in [0.1, 0.15) is 0 Å². The molecule has 5 heteroatoms. The Labute approximate surface area is 316 Å². The monoisotopic (exact) mass is 752 g/mol. The molecule has 0 aliphatic heterocycles. The van der Waals surface area contributed by atoms with Gasteiger partial charge in [0.15, 0.2) is 0 Å². The molecule has 8 aromatic carbocycles. The molecule has 12 rings (SSSR count). The van der Waals surface area contributed by atoms with E-state index in [1.165, 1.54) is 74.2 Å². The quantitative estimate of drug-likeness (QED) is 0.168. The predicted molar refractivity (Wildman–Crippen MR) is 224 cm³/mol. The molecule has 0 saturated carbocycles. The van der Waals surface area contributed by atoms with E-state index in [0.717, 1.165) is 22.2 Å². The van der Waals surface area contributed by atoms with E-state index in [0.29, 0.717) is 17.6 Å². The van der Waals surface area contributed by atoms with Crippen LogP contribution in [0.25, 0.3) is 114 Å². The number of hydrogen-bond donors (Lipinski definition) is 0. The summed E-state index contributed by atoms with van der Waals surface area (Å²) in [5, 5.41) is 7.53. The zero-order valence-corrected chi connectivity index (χ0v) is 30.6. The van der Waals surface area contributed by atoms with Gasteiger partial charge in [-0.15, -0.1) is 0 Å². The minimum absolute atomic E-state index is 0.0504. The van der Waals surface area contributed by atoms with Crippen LogP contribution in [0.15, 0.2) is 170 Å². The van der Waals surface area contributed by atoms with Gasteiger partial charge in [-0.2, -0.15) is 0 Å². The first-order chi connectivity index (χ1) is 26.8. The first-order valence-electron chi connectivity index (χ1n) is 18.2. The molecule has 4 nitrogen and oxygen atoms in total. The molecule has 0 fully saturated rings. The summed E-state index contributed by atoms with van der Waals surface area (Å²) >= 11 is 0.0504. The van der Waals surface area contributed by atoms with Crippen LogP contribution in [0.3, 0.4) is 0 Å². The maximum atomic E-state index is 5.44. The van der Waals surface area contributed by atoms with Crippen molar-refractivity contribution in [3.05, 3.63) is 170 Å². The van der Waals surface area contributed by atoms with E-state index < -0.39 is 0 Å². The molecule has 0 amide bonds. The number of nitrogens with zero attached hydrogens (tertiary/aromatic N) is 4. The molecule has 3 heterocycles. The van der Waals surface area contributed by atoms with Gasteiger partial charge in [0.25, 0.3) is 0 Å². The van der Waals surface area contributed by atoms with E-state index in [1.807, 2.05) is 18.2 Å². The van der Waals surface area contributed by atoms with E-state index in [-0.39, 0.29) is 14.5 Å². The molecule has 0 radical (unpaired) electrons. The van der Waals surface area contributed by atoms with Crippen molar-refractivity contribution < 1.29 is 0 Å². The molecular formula is C49H28N4Se. The molecular weight excluding hydrogens is 724 g/mol. The third-order valence-electron chi connectivity index (χ3n) is 11.0. The number of aromatic nitrogens is 4. The first kappa shape index (κ1) is 29.9. The van der Waals surface area contributed by atoms with Crippen LogP contribution in [0.4, 0.5) is 0 Å². The number of hydrogen-bond acceptors (Lipinski definition) is 3. The van der Waals surface area contributed by atoms with E-state index >= 15 is 0 Å². The van der Waals surface area contributed by atoms with Gasteiger partial charge in [-0.3, -0.25) is 0 Å². The molecule has 0 unspecified atom stereocenters. The predicted octanol–water partition coefficient (Wildman–Crippen LogP) is 12.1. The summed E-state index contributed by atoms with van der Waals surface area (Å²) in [6.45, 7) is 0. The second-order valence-corrected chi connectivity index (χ2v) is 16.1. The Morgan fingerprint density at radius 1 is 0.352 bits per heavy atom. The third kappa shape index (κ3) is 4.22. The fourth-order valence-corrected chi connectivity index (χ4v) is 11.5. The fourth-order valence-electron chi connectivity index (χ4n) is 8.69. The summed E-state index contributed by atoms with van der Waals surface area (Å²) < 4.78 is 4.99. The molecule has 250 valence electrons. The summed E-state index contributed by atoms with van der Waals surface area (Å²) in [6, 6.07) is 61.0. The zero-order valence-electron chi connectivity index (χ0n) is 28.9. The van der Waals surface area contributed by atoms with Gasteiger partial charge in [-0.1, -0.05) is 6.07 Å². The van der Waals surface area contributed by atoms with Gasteiger partial charge >= 0.3 is 312 Å². The zero-order chi connectivity index (χ0) is 35.3. The van der Waals surface area contributed by atoms with Crippen LogP contribution >= 0.6 is 0 Å². The van der Waals surface area contributed by atoms with E-state index in [9.17, 15) is 0 Å². The van der Waals surface area contributed by atoms with Gasteiger partial charge in [0, 0.05) is 0 Å². The molecule has 0 bridgehead atoms. The van der Waals surface area contributed by atoms with E-state index in [4.69, 9.17) is 15.0 Å². The minimum atomic E-state index is 0.0504. The summed E-state index contributed by atoms with van der Waals surface area (Å²) in [4.78, 5) is 16.0. The molecule has 0 saturated heterocycles. The molecule has 0 spiro atoms. The van der Waals surface area contributed by atoms with Crippen LogP contribution in [-0.4, -0.2) is 34.0 Å². The Morgan fingerprint density at radius 2 is 0.907 bits per heavy atom. The van der Waals surface area contributed by atoms with Gasteiger partial charge < -0.3 is 0 Å². The van der Waals surface area contributed by atoms with Crippen LogP contribution in [0.2, 0.25) is 0 Å². The van der Waals surface area contributed by atoms with Gasteiger partial charge in [0.05, 0.1) is 0 Å². The van der Waals surface area contributed by atoms with Crippen LogP contribution in [-0.2, 0) is 0 Å². The molecule has 11 aromatic rings. The van der Waals surface area contributed by atoms with Crippen molar-refractivity contribution in [2.45, 2.75) is 0 Å². The van der Waals surface area contributed by atoms with Crippen molar-refractivity contribution in [3.8, 4) is 62.1 Å². The van der Waals surface area contributed by atoms with Crippen LogP contribution in [0, 0.1) is 0 Å². The van der Waals surface area contributed by atoms with Crippen LogP contribution in [0.1, 0.15) is 0 Å². The van der Waals surface area contributed by atoms with Crippen molar-refractivity contribution in [1.82, 2.24) is 19.5 Å². The van der Waals surface area contributed by atoms with Gasteiger partial charge in [0.2, 0.25) is 0 Å².